The summed E-state index contributed by atoms with van der Waals surface area (Å²) in [6, 6.07) is 12.8. The molecule has 0 radical (unpaired) electrons. The number of halogens is 1. The third-order valence-electron chi connectivity index (χ3n) is 7.55. The van der Waals surface area contributed by atoms with Gasteiger partial charge >= 0.3 is 0 Å². The molecule has 0 unspecified atom stereocenters. The van der Waals surface area contributed by atoms with E-state index in [0.717, 1.165) is 50.8 Å². The van der Waals surface area contributed by atoms with Crippen molar-refractivity contribution < 1.29 is 13.9 Å². The Labute approximate surface area is 209 Å². The minimum absolute atomic E-state index is 0.0676. The molecule has 2 fully saturated rings. The molecule has 1 saturated carbocycles. The topological polar surface area (TPSA) is 29.5 Å². The Morgan fingerprint density at radius 1 is 1.26 bits per heavy atom. The van der Waals surface area contributed by atoms with Crippen molar-refractivity contribution in [3.63, 3.8) is 0 Å². The first-order valence-corrected chi connectivity index (χ1v) is 12.7. The lowest BCUT2D eigenvalue weighted by Crippen LogP contribution is -2.63. The van der Waals surface area contributed by atoms with Gasteiger partial charge in [0.25, 0.3) is 5.91 Å². The van der Waals surface area contributed by atoms with E-state index in [1.165, 1.54) is 34.9 Å². The Morgan fingerprint density at radius 2 is 2.00 bits per heavy atom. The zero-order chi connectivity index (χ0) is 25.0. The number of nitrogens with zero attached hydrogens (tertiary/aromatic N) is 1. The highest BCUT2D eigenvalue weighted by molar-refractivity contribution is 5.97. The highest BCUT2D eigenvalue weighted by atomic mass is 19.1. The van der Waals surface area contributed by atoms with Crippen LogP contribution in [0, 0.1) is 24.1 Å². The van der Waals surface area contributed by atoms with Gasteiger partial charge in [-0.05, 0) is 87.6 Å². The fourth-order valence-corrected chi connectivity index (χ4v) is 5.63. The van der Waals surface area contributed by atoms with Crippen LogP contribution in [-0.4, -0.2) is 30.5 Å². The number of amides is 1. The Morgan fingerprint density at radius 3 is 2.69 bits per heavy atom. The fraction of sp³-hybridized carbons (Fsp3) is 0.419. The smallest absolute Gasteiger partial charge is 0.257 e. The summed E-state index contributed by atoms with van der Waals surface area (Å²) in [6.45, 7) is 11.8. The highest BCUT2D eigenvalue weighted by Gasteiger charge is 2.54. The molecule has 1 saturated heterocycles. The Hall–Kier alpha value is -3.10. The maximum absolute atomic E-state index is 13.6. The van der Waals surface area contributed by atoms with Gasteiger partial charge in [-0.2, -0.15) is 0 Å². The van der Waals surface area contributed by atoms with E-state index in [1.807, 2.05) is 11.8 Å². The molecule has 2 aliphatic rings. The van der Waals surface area contributed by atoms with Gasteiger partial charge in [0.15, 0.2) is 0 Å². The van der Waals surface area contributed by atoms with E-state index in [4.69, 9.17) is 4.74 Å². The molecule has 0 N–H and O–H groups in total. The number of hydrogen-bond acceptors (Lipinski definition) is 2. The molecule has 2 aromatic carbocycles. The Kier molecular flexibility index (Phi) is 7.62. The van der Waals surface area contributed by atoms with Crippen LogP contribution in [0.2, 0.25) is 0 Å². The van der Waals surface area contributed by atoms with E-state index >= 15 is 0 Å². The molecule has 3 nitrogen and oxygen atoms in total. The van der Waals surface area contributed by atoms with Gasteiger partial charge in [0.1, 0.15) is 11.6 Å². The Balaban J connectivity index is 1.35. The molecule has 0 bridgehead atoms. The lowest BCUT2D eigenvalue weighted by Gasteiger charge is -2.59. The van der Waals surface area contributed by atoms with E-state index in [2.05, 4.69) is 56.5 Å². The van der Waals surface area contributed by atoms with Crippen molar-refractivity contribution in [1.29, 1.82) is 0 Å². The van der Waals surface area contributed by atoms with Crippen LogP contribution < -0.4 is 4.74 Å². The molecule has 184 valence electrons. The second-order valence-electron chi connectivity index (χ2n) is 10.2. The molecular formula is C31H36FNO2. The minimum atomic E-state index is -0.391. The number of carbonyl (C=O) groups is 1. The van der Waals surface area contributed by atoms with Crippen molar-refractivity contribution >= 4 is 5.91 Å². The molecular weight excluding hydrogens is 437 g/mol. The third-order valence-corrected chi connectivity index (χ3v) is 7.55. The van der Waals surface area contributed by atoms with E-state index in [0.29, 0.717) is 23.8 Å². The van der Waals surface area contributed by atoms with Crippen molar-refractivity contribution in [3.05, 3.63) is 94.5 Å². The predicted molar refractivity (Wildman–Crippen MR) is 139 cm³/mol. The van der Waals surface area contributed by atoms with Gasteiger partial charge in [0, 0.05) is 24.6 Å². The number of hydrogen-bond donors (Lipinski definition) is 0. The van der Waals surface area contributed by atoms with Gasteiger partial charge in [0.05, 0.1) is 12.2 Å². The van der Waals surface area contributed by atoms with Crippen LogP contribution in [-0.2, 0) is 6.42 Å². The number of ether oxygens (including phenoxy) is 1. The first-order chi connectivity index (χ1) is 16.8. The number of carbonyl (C=O) groups excluding carboxylic acids is 1. The zero-order valence-electron chi connectivity index (χ0n) is 21.2. The Bertz CT molecular complexity index is 1160. The van der Waals surface area contributed by atoms with Gasteiger partial charge in [-0.15, -0.1) is 5.73 Å². The standard InChI is InChI=1S/C31H36FNO2/c1-5-22(3)16-25(13-9-12-24-11-8-7-10-23(24)4)26-18-31(19-26)20-33(21-31)30(34)28-15-14-27(32)17-29(28)35-6-2/h7-8,10-11,14-17,26H,1,6,9,12-13,18-21H2,2-4H3/b25-16+. The quantitative estimate of drug-likeness (QED) is 0.288. The van der Waals surface area contributed by atoms with Crippen LogP contribution in [0.1, 0.15) is 61.0 Å². The molecule has 1 aliphatic heterocycles. The molecule has 1 spiro atoms. The van der Waals surface area contributed by atoms with E-state index in [9.17, 15) is 9.18 Å². The maximum Gasteiger partial charge on any atom is 0.257 e. The summed E-state index contributed by atoms with van der Waals surface area (Å²) in [7, 11) is 0. The summed E-state index contributed by atoms with van der Waals surface area (Å²) >= 11 is 0. The molecule has 0 aromatic heterocycles. The third kappa shape index (κ3) is 5.60. The first kappa shape index (κ1) is 25.0. The summed E-state index contributed by atoms with van der Waals surface area (Å²) < 4.78 is 19.2. The molecule has 1 heterocycles. The summed E-state index contributed by atoms with van der Waals surface area (Å²) in [5, 5.41) is 0. The second-order valence-corrected chi connectivity index (χ2v) is 10.2. The van der Waals surface area contributed by atoms with Gasteiger partial charge in [-0.25, -0.2) is 4.39 Å². The first-order valence-electron chi connectivity index (χ1n) is 12.7. The van der Waals surface area contributed by atoms with Crippen LogP contribution in [0.4, 0.5) is 4.39 Å². The van der Waals surface area contributed by atoms with Crippen LogP contribution in [0.15, 0.2) is 72.0 Å². The molecule has 0 atom stereocenters. The van der Waals surface area contributed by atoms with E-state index in [1.54, 1.807) is 0 Å². The van der Waals surface area contributed by atoms with Gasteiger partial charge < -0.3 is 9.64 Å². The summed E-state index contributed by atoms with van der Waals surface area (Å²) in [5.74, 6) is 0.423. The summed E-state index contributed by atoms with van der Waals surface area (Å²) in [5.41, 5.74) is 9.04. The second kappa shape index (κ2) is 10.7. The molecule has 2 aromatic rings. The molecule has 4 rings (SSSR count). The van der Waals surface area contributed by atoms with Gasteiger partial charge in [0.2, 0.25) is 0 Å². The molecule has 1 amide bonds. The van der Waals surface area contributed by atoms with Crippen molar-refractivity contribution in [2.24, 2.45) is 11.3 Å². The van der Waals surface area contributed by atoms with E-state index < -0.39 is 5.82 Å². The highest BCUT2D eigenvalue weighted by Crippen LogP contribution is 2.55. The lowest BCUT2D eigenvalue weighted by molar-refractivity contribution is -0.0672. The number of aryl methyl sites for hydroxylation is 2. The lowest BCUT2D eigenvalue weighted by atomic mass is 9.55. The fourth-order valence-electron chi connectivity index (χ4n) is 5.63. The van der Waals surface area contributed by atoms with Crippen LogP contribution in [0.3, 0.4) is 0 Å². The van der Waals surface area contributed by atoms with E-state index in [-0.39, 0.29) is 11.3 Å². The summed E-state index contributed by atoms with van der Waals surface area (Å²) in [6.07, 6.45) is 7.78. The SMILES string of the molecule is C=C=C(C)/C=C(\CCCc1ccccc1C)C1CC2(C1)CN(C(=O)c1ccc(F)cc1OCC)C2. The number of benzene rings is 2. The van der Waals surface area contributed by atoms with Crippen LogP contribution >= 0.6 is 0 Å². The largest absolute Gasteiger partial charge is 0.493 e. The van der Waals surface area contributed by atoms with Crippen molar-refractivity contribution in [3.8, 4) is 5.75 Å². The monoisotopic (exact) mass is 473 g/mol. The average molecular weight is 474 g/mol. The minimum Gasteiger partial charge on any atom is -0.493 e. The number of rotatable bonds is 9. The maximum atomic E-state index is 13.6. The average Bonchev–Trinajstić information content (AvgIpc) is 2.78. The van der Waals surface area contributed by atoms with Crippen molar-refractivity contribution in [1.82, 2.24) is 4.90 Å². The summed E-state index contributed by atoms with van der Waals surface area (Å²) in [4.78, 5) is 14.9. The molecule has 4 heteroatoms. The number of likely N-dealkylation sites (tertiary alicyclic amines) is 1. The normalized spacial score (nSPS) is 16.9. The zero-order valence-corrected chi connectivity index (χ0v) is 21.2. The predicted octanol–water partition coefficient (Wildman–Crippen LogP) is 7.07. The number of allylic oxidation sites excluding steroid dienone is 3. The molecule has 35 heavy (non-hydrogen) atoms. The van der Waals surface area contributed by atoms with Crippen molar-refractivity contribution in [2.75, 3.05) is 19.7 Å². The van der Waals surface area contributed by atoms with Crippen LogP contribution in [0.5, 0.6) is 5.75 Å². The van der Waals surface area contributed by atoms with Crippen LogP contribution in [0.25, 0.3) is 0 Å². The van der Waals surface area contributed by atoms with Gasteiger partial charge in [-0.1, -0.05) is 42.5 Å². The van der Waals surface area contributed by atoms with Gasteiger partial charge in [-0.3, -0.25) is 4.79 Å². The molecule has 1 aliphatic carbocycles. The van der Waals surface area contributed by atoms with Crippen molar-refractivity contribution in [2.45, 2.75) is 52.9 Å².